The van der Waals surface area contributed by atoms with Gasteiger partial charge < -0.3 is 4.74 Å². The van der Waals surface area contributed by atoms with E-state index < -0.39 is 10.0 Å². The second-order valence-electron chi connectivity index (χ2n) is 5.89. The fourth-order valence-corrected chi connectivity index (χ4v) is 4.34. The van der Waals surface area contributed by atoms with Crippen LogP contribution in [0, 0.1) is 0 Å². The molecule has 3 aromatic rings. The zero-order valence-corrected chi connectivity index (χ0v) is 14.7. The van der Waals surface area contributed by atoms with E-state index in [1.165, 1.54) is 10.5 Å². The molecule has 0 unspecified atom stereocenters. The average molecular weight is 371 g/mol. The number of pyridine rings is 2. The lowest BCUT2D eigenvalue weighted by atomic mass is 10.2. The van der Waals surface area contributed by atoms with Gasteiger partial charge in [-0.15, -0.1) is 0 Å². The number of nitrogens with zero attached hydrogens (tertiary/aromatic N) is 5. The molecule has 1 aliphatic rings. The molecule has 0 N–H and O–H groups in total. The average Bonchev–Trinajstić information content (AvgIpc) is 3.16. The summed E-state index contributed by atoms with van der Waals surface area (Å²) < 4.78 is 34.9. The highest BCUT2D eigenvalue weighted by Crippen LogP contribution is 2.26. The number of rotatable bonds is 5. The Labute approximate surface area is 151 Å². The van der Waals surface area contributed by atoms with Crippen molar-refractivity contribution in [3.63, 3.8) is 0 Å². The van der Waals surface area contributed by atoms with Crippen LogP contribution in [0.2, 0.25) is 0 Å². The van der Waals surface area contributed by atoms with Crippen molar-refractivity contribution in [2.45, 2.75) is 17.5 Å². The minimum absolute atomic E-state index is 0.178. The molecule has 0 aliphatic carbocycles. The van der Waals surface area contributed by atoms with Crippen molar-refractivity contribution in [2.24, 2.45) is 0 Å². The largest absolute Gasteiger partial charge is 0.475 e. The Bertz CT molecular complexity index is 976. The summed E-state index contributed by atoms with van der Waals surface area (Å²) >= 11 is 0. The molecule has 0 amide bonds. The number of ether oxygens (including phenoxy) is 1. The first-order valence-electron chi connectivity index (χ1n) is 8.11. The van der Waals surface area contributed by atoms with E-state index in [1.54, 1.807) is 42.9 Å². The molecule has 4 heterocycles. The molecule has 0 saturated carbocycles. The quantitative estimate of drug-likeness (QED) is 0.675. The van der Waals surface area contributed by atoms with Gasteiger partial charge in [0.2, 0.25) is 15.9 Å². The predicted molar refractivity (Wildman–Crippen MR) is 92.8 cm³/mol. The molecule has 3 aromatic heterocycles. The van der Waals surface area contributed by atoms with E-state index in [1.807, 2.05) is 16.8 Å². The van der Waals surface area contributed by atoms with Gasteiger partial charge in [-0.25, -0.2) is 13.4 Å². The molecule has 0 spiro atoms. The van der Waals surface area contributed by atoms with Crippen LogP contribution in [0.4, 0.5) is 0 Å². The standard InChI is InChI=1S/C17H17N5O3S/c23-26(24,16-4-3-7-18-10-16)21-11-14-6-9-20-22(14)15(12-21)13-25-17-5-1-2-8-19-17/h1-10,15H,11-13H2/t15-/m1/s1. The van der Waals surface area contributed by atoms with Crippen molar-refractivity contribution in [3.05, 3.63) is 66.9 Å². The Kier molecular flexibility index (Phi) is 4.39. The van der Waals surface area contributed by atoms with Crippen LogP contribution in [-0.2, 0) is 16.6 Å². The molecule has 0 fully saturated rings. The normalized spacial score (nSPS) is 17.6. The van der Waals surface area contributed by atoms with E-state index in [0.29, 0.717) is 5.88 Å². The summed E-state index contributed by atoms with van der Waals surface area (Å²) in [5.41, 5.74) is 0.818. The highest BCUT2D eigenvalue weighted by atomic mass is 32.2. The van der Waals surface area contributed by atoms with Crippen LogP contribution < -0.4 is 4.74 Å². The Morgan fingerprint density at radius 3 is 2.81 bits per heavy atom. The van der Waals surface area contributed by atoms with E-state index in [2.05, 4.69) is 15.1 Å². The van der Waals surface area contributed by atoms with Crippen LogP contribution in [0.5, 0.6) is 5.88 Å². The SMILES string of the molecule is O=S(=O)(c1cccnc1)N1Cc2ccnn2[C@@H](COc2ccccn2)C1. The maximum Gasteiger partial charge on any atom is 0.245 e. The second-order valence-corrected chi connectivity index (χ2v) is 7.82. The molecular formula is C17H17N5O3S. The lowest BCUT2D eigenvalue weighted by Crippen LogP contribution is -2.43. The lowest BCUT2D eigenvalue weighted by Gasteiger charge is -2.32. The summed E-state index contributed by atoms with van der Waals surface area (Å²) in [5.74, 6) is 0.494. The minimum Gasteiger partial charge on any atom is -0.475 e. The van der Waals surface area contributed by atoms with Crippen molar-refractivity contribution >= 4 is 10.0 Å². The van der Waals surface area contributed by atoms with Crippen molar-refractivity contribution in [3.8, 4) is 5.88 Å². The van der Waals surface area contributed by atoms with E-state index in [-0.39, 0.29) is 30.6 Å². The second kappa shape index (κ2) is 6.85. The van der Waals surface area contributed by atoms with Gasteiger partial charge in [-0.2, -0.15) is 9.40 Å². The van der Waals surface area contributed by atoms with Crippen LogP contribution in [0.1, 0.15) is 11.7 Å². The van der Waals surface area contributed by atoms with Gasteiger partial charge >= 0.3 is 0 Å². The Morgan fingerprint density at radius 1 is 1.12 bits per heavy atom. The Balaban J connectivity index is 1.58. The zero-order valence-electron chi connectivity index (χ0n) is 13.8. The number of aromatic nitrogens is 4. The molecule has 0 bridgehead atoms. The fourth-order valence-electron chi connectivity index (χ4n) is 2.92. The first-order chi connectivity index (χ1) is 12.6. The number of hydrogen-bond donors (Lipinski definition) is 0. The molecule has 9 heteroatoms. The fraction of sp³-hybridized carbons (Fsp3) is 0.235. The summed E-state index contributed by atoms with van der Waals surface area (Å²) in [5, 5.41) is 4.32. The predicted octanol–water partition coefficient (Wildman–Crippen LogP) is 1.50. The van der Waals surface area contributed by atoms with Crippen molar-refractivity contribution in [2.75, 3.05) is 13.2 Å². The van der Waals surface area contributed by atoms with Crippen LogP contribution in [0.25, 0.3) is 0 Å². The van der Waals surface area contributed by atoms with Gasteiger partial charge in [-0.1, -0.05) is 6.07 Å². The van der Waals surface area contributed by atoms with Crippen molar-refractivity contribution < 1.29 is 13.2 Å². The highest BCUT2D eigenvalue weighted by molar-refractivity contribution is 7.89. The third kappa shape index (κ3) is 3.18. The number of hydrogen-bond acceptors (Lipinski definition) is 6. The summed E-state index contributed by atoms with van der Waals surface area (Å²) in [7, 11) is -3.64. The van der Waals surface area contributed by atoms with Crippen LogP contribution in [0.15, 0.2) is 66.1 Å². The van der Waals surface area contributed by atoms with Gasteiger partial charge in [-0.05, 0) is 24.3 Å². The van der Waals surface area contributed by atoms with Gasteiger partial charge in [0.1, 0.15) is 17.5 Å². The number of sulfonamides is 1. The first-order valence-corrected chi connectivity index (χ1v) is 9.55. The van der Waals surface area contributed by atoms with Gasteiger partial charge in [-0.3, -0.25) is 9.67 Å². The summed E-state index contributed by atoms with van der Waals surface area (Å²) in [6, 6.07) is 10.1. The Morgan fingerprint density at radius 2 is 2.04 bits per heavy atom. The highest BCUT2D eigenvalue weighted by Gasteiger charge is 2.34. The third-order valence-corrected chi connectivity index (χ3v) is 5.98. The maximum atomic E-state index is 12.9. The van der Waals surface area contributed by atoms with Crippen molar-refractivity contribution in [1.82, 2.24) is 24.1 Å². The summed E-state index contributed by atoms with van der Waals surface area (Å²) in [4.78, 5) is 8.23. The molecule has 4 rings (SSSR count). The smallest absolute Gasteiger partial charge is 0.245 e. The lowest BCUT2D eigenvalue weighted by molar-refractivity contribution is 0.178. The van der Waals surface area contributed by atoms with E-state index in [4.69, 9.17) is 4.74 Å². The van der Waals surface area contributed by atoms with E-state index in [9.17, 15) is 8.42 Å². The van der Waals surface area contributed by atoms with Crippen LogP contribution in [-0.4, -0.2) is 45.6 Å². The molecule has 8 nitrogen and oxygen atoms in total. The molecule has 134 valence electrons. The molecule has 1 atom stereocenters. The monoisotopic (exact) mass is 371 g/mol. The summed E-state index contributed by atoms with van der Waals surface area (Å²) in [6.45, 7) is 0.792. The van der Waals surface area contributed by atoms with Gasteiger partial charge in [0, 0.05) is 37.4 Å². The van der Waals surface area contributed by atoms with Gasteiger partial charge in [0.15, 0.2) is 0 Å². The molecule has 0 saturated heterocycles. The van der Waals surface area contributed by atoms with Crippen LogP contribution in [0.3, 0.4) is 0 Å². The molecule has 0 aromatic carbocycles. The van der Waals surface area contributed by atoms with Crippen LogP contribution >= 0.6 is 0 Å². The summed E-state index contributed by atoms with van der Waals surface area (Å²) in [6.07, 6.45) is 6.23. The van der Waals surface area contributed by atoms with Crippen molar-refractivity contribution in [1.29, 1.82) is 0 Å². The Hall–Kier alpha value is -2.78. The minimum atomic E-state index is -3.64. The molecule has 1 aliphatic heterocycles. The van der Waals surface area contributed by atoms with E-state index >= 15 is 0 Å². The molecule has 0 radical (unpaired) electrons. The van der Waals surface area contributed by atoms with Gasteiger partial charge in [0.05, 0.1) is 12.2 Å². The first kappa shape index (κ1) is 16.7. The van der Waals surface area contributed by atoms with E-state index in [0.717, 1.165) is 5.69 Å². The maximum absolute atomic E-state index is 12.9. The third-order valence-electron chi connectivity index (χ3n) is 4.18. The number of fused-ring (bicyclic) bond motifs is 1. The topological polar surface area (TPSA) is 90.2 Å². The molecule has 26 heavy (non-hydrogen) atoms. The van der Waals surface area contributed by atoms with Gasteiger partial charge in [0.25, 0.3) is 0 Å². The zero-order chi connectivity index (χ0) is 18.0. The molecular weight excluding hydrogens is 354 g/mol.